The van der Waals surface area contributed by atoms with E-state index in [0.717, 1.165) is 0 Å². The van der Waals surface area contributed by atoms with Crippen molar-refractivity contribution in [2.45, 2.75) is 19.4 Å². The Hall–Kier alpha value is -2.82. The highest BCUT2D eigenvalue weighted by atomic mass is 16.4. The fourth-order valence-electron chi connectivity index (χ4n) is 2.53. The molecule has 5 heteroatoms. The standard InChI is InChI=1S/C18H18N2O3/c1-13(14-7-3-2-4-8-14)11-19-17(21)12-20-15-9-5-6-10-16(15)23-18(20)22/h2-10,13H,11-12H2,1H3,(H,19,21)/t13-/m1/s1. The molecule has 0 spiro atoms. The molecule has 1 heterocycles. The summed E-state index contributed by atoms with van der Waals surface area (Å²) in [6.07, 6.45) is 0. The Labute approximate surface area is 133 Å². The molecule has 0 aliphatic rings. The lowest BCUT2D eigenvalue weighted by Gasteiger charge is -2.13. The predicted octanol–water partition coefficient (Wildman–Crippen LogP) is 2.51. The second-order valence-electron chi connectivity index (χ2n) is 5.54. The summed E-state index contributed by atoms with van der Waals surface area (Å²) >= 11 is 0. The van der Waals surface area contributed by atoms with Crippen molar-refractivity contribution in [3.8, 4) is 0 Å². The lowest BCUT2D eigenvalue weighted by Crippen LogP contribution is -2.33. The van der Waals surface area contributed by atoms with E-state index in [9.17, 15) is 9.59 Å². The predicted molar refractivity (Wildman–Crippen MR) is 88.3 cm³/mol. The molecule has 118 valence electrons. The van der Waals surface area contributed by atoms with Crippen LogP contribution in [0.1, 0.15) is 18.4 Å². The van der Waals surface area contributed by atoms with Crippen molar-refractivity contribution in [1.82, 2.24) is 9.88 Å². The highest BCUT2D eigenvalue weighted by Crippen LogP contribution is 2.13. The van der Waals surface area contributed by atoms with Gasteiger partial charge in [0, 0.05) is 6.54 Å². The Bertz CT molecular complexity index is 865. The van der Waals surface area contributed by atoms with Crippen molar-refractivity contribution in [3.63, 3.8) is 0 Å². The van der Waals surface area contributed by atoms with Crippen LogP contribution in [-0.2, 0) is 11.3 Å². The molecule has 1 N–H and O–H groups in total. The third-order valence-electron chi connectivity index (χ3n) is 3.85. The van der Waals surface area contributed by atoms with Gasteiger partial charge in [0.25, 0.3) is 0 Å². The first kappa shape index (κ1) is 15.1. The lowest BCUT2D eigenvalue weighted by molar-refractivity contribution is -0.121. The van der Waals surface area contributed by atoms with Gasteiger partial charge in [-0.2, -0.15) is 0 Å². The zero-order valence-electron chi connectivity index (χ0n) is 12.9. The minimum absolute atomic E-state index is 0.0443. The van der Waals surface area contributed by atoms with Gasteiger partial charge in [0.15, 0.2) is 5.58 Å². The molecule has 3 aromatic rings. The molecule has 2 aromatic carbocycles. The number of hydrogen-bond acceptors (Lipinski definition) is 3. The summed E-state index contributed by atoms with van der Waals surface area (Å²) in [5, 5.41) is 2.87. The number of hydrogen-bond donors (Lipinski definition) is 1. The Morgan fingerprint density at radius 1 is 1.13 bits per heavy atom. The molecule has 23 heavy (non-hydrogen) atoms. The van der Waals surface area contributed by atoms with E-state index in [4.69, 9.17) is 4.42 Å². The van der Waals surface area contributed by atoms with Crippen LogP contribution in [0.15, 0.2) is 63.8 Å². The lowest BCUT2D eigenvalue weighted by atomic mass is 10.0. The maximum atomic E-state index is 12.1. The maximum absolute atomic E-state index is 12.1. The van der Waals surface area contributed by atoms with Crippen LogP contribution in [-0.4, -0.2) is 17.0 Å². The molecule has 3 rings (SSSR count). The number of nitrogens with zero attached hydrogens (tertiary/aromatic N) is 1. The first-order valence-corrected chi connectivity index (χ1v) is 7.55. The third-order valence-corrected chi connectivity index (χ3v) is 3.85. The van der Waals surface area contributed by atoms with Crippen molar-refractivity contribution >= 4 is 17.0 Å². The largest absolute Gasteiger partial charge is 0.420 e. The number of rotatable bonds is 5. The van der Waals surface area contributed by atoms with E-state index in [2.05, 4.69) is 12.2 Å². The number of benzene rings is 2. The maximum Gasteiger partial charge on any atom is 0.420 e. The first-order chi connectivity index (χ1) is 11.1. The van der Waals surface area contributed by atoms with Crippen LogP contribution >= 0.6 is 0 Å². The molecule has 0 unspecified atom stereocenters. The number of para-hydroxylation sites is 2. The van der Waals surface area contributed by atoms with Gasteiger partial charge in [-0.25, -0.2) is 4.79 Å². The molecule has 0 bridgehead atoms. The highest BCUT2D eigenvalue weighted by molar-refractivity contribution is 5.79. The summed E-state index contributed by atoms with van der Waals surface area (Å²) in [5.74, 6) is -0.517. The van der Waals surface area contributed by atoms with Crippen LogP contribution in [0.3, 0.4) is 0 Å². The van der Waals surface area contributed by atoms with Gasteiger partial charge in [0.2, 0.25) is 5.91 Å². The molecule has 0 radical (unpaired) electrons. The normalized spacial score (nSPS) is 12.2. The summed E-state index contributed by atoms with van der Waals surface area (Å²) in [6, 6.07) is 17.1. The second kappa shape index (κ2) is 6.52. The Balaban J connectivity index is 1.65. The minimum atomic E-state index is -0.516. The molecular formula is C18H18N2O3. The van der Waals surface area contributed by atoms with Gasteiger partial charge >= 0.3 is 5.76 Å². The van der Waals surface area contributed by atoms with Gasteiger partial charge in [-0.15, -0.1) is 0 Å². The summed E-state index contributed by atoms with van der Waals surface area (Å²) in [4.78, 5) is 24.0. The van der Waals surface area contributed by atoms with E-state index < -0.39 is 5.76 Å². The van der Waals surface area contributed by atoms with Crippen LogP contribution in [0.5, 0.6) is 0 Å². The summed E-state index contributed by atoms with van der Waals surface area (Å²) in [6.45, 7) is 2.53. The number of carbonyl (C=O) groups is 1. The number of aromatic nitrogens is 1. The van der Waals surface area contributed by atoms with Crippen LogP contribution < -0.4 is 11.1 Å². The topological polar surface area (TPSA) is 64.2 Å². The second-order valence-corrected chi connectivity index (χ2v) is 5.54. The van der Waals surface area contributed by atoms with Crippen LogP contribution in [0.25, 0.3) is 11.1 Å². The van der Waals surface area contributed by atoms with E-state index in [1.54, 1.807) is 18.2 Å². The van der Waals surface area contributed by atoms with Gasteiger partial charge in [-0.3, -0.25) is 9.36 Å². The fourth-order valence-corrected chi connectivity index (χ4v) is 2.53. The summed E-state index contributed by atoms with van der Waals surface area (Å²) in [7, 11) is 0. The van der Waals surface area contributed by atoms with Crippen LogP contribution in [0.4, 0.5) is 0 Å². The molecule has 5 nitrogen and oxygen atoms in total. The van der Waals surface area contributed by atoms with Gasteiger partial charge in [-0.1, -0.05) is 49.4 Å². The zero-order chi connectivity index (χ0) is 16.2. The smallest absolute Gasteiger partial charge is 0.408 e. The number of amides is 1. The summed E-state index contributed by atoms with van der Waals surface area (Å²) < 4.78 is 6.47. The Morgan fingerprint density at radius 2 is 1.83 bits per heavy atom. The van der Waals surface area contributed by atoms with Crippen molar-refractivity contribution in [2.75, 3.05) is 6.54 Å². The van der Waals surface area contributed by atoms with Crippen molar-refractivity contribution < 1.29 is 9.21 Å². The molecule has 1 amide bonds. The Kier molecular flexibility index (Phi) is 4.28. The average molecular weight is 310 g/mol. The van der Waals surface area contributed by atoms with Gasteiger partial charge in [-0.05, 0) is 23.6 Å². The van der Waals surface area contributed by atoms with Gasteiger partial charge in [0.1, 0.15) is 6.54 Å². The first-order valence-electron chi connectivity index (χ1n) is 7.55. The molecular weight excluding hydrogens is 292 g/mol. The molecule has 0 fully saturated rings. The molecule has 0 aliphatic heterocycles. The Morgan fingerprint density at radius 3 is 2.61 bits per heavy atom. The quantitative estimate of drug-likeness (QED) is 0.787. The van der Waals surface area contributed by atoms with Crippen molar-refractivity contribution in [3.05, 3.63) is 70.7 Å². The fraction of sp³-hybridized carbons (Fsp3) is 0.222. The molecule has 0 saturated heterocycles. The number of oxazole rings is 1. The molecule has 0 saturated carbocycles. The van der Waals surface area contributed by atoms with Gasteiger partial charge < -0.3 is 9.73 Å². The number of nitrogens with one attached hydrogen (secondary N) is 1. The van der Waals surface area contributed by atoms with Gasteiger partial charge in [0.05, 0.1) is 5.52 Å². The molecule has 1 atom stereocenters. The van der Waals surface area contributed by atoms with E-state index >= 15 is 0 Å². The van der Waals surface area contributed by atoms with E-state index in [1.165, 1.54) is 10.1 Å². The minimum Gasteiger partial charge on any atom is -0.408 e. The van der Waals surface area contributed by atoms with Crippen molar-refractivity contribution in [2.24, 2.45) is 0 Å². The van der Waals surface area contributed by atoms with E-state index in [1.807, 2.05) is 36.4 Å². The van der Waals surface area contributed by atoms with Crippen molar-refractivity contribution in [1.29, 1.82) is 0 Å². The number of carbonyl (C=O) groups excluding carboxylic acids is 1. The monoisotopic (exact) mass is 310 g/mol. The summed E-state index contributed by atoms with van der Waals surface area (Å²) in [5.41, 5.74) is 2.28. The highest BCUT2D eigenvalue weighted by Gasteiger charge is 2.13. The third kappa shape index (κ3) is 3.34. The molecule has 0 aliphatic carbocycles. The van der Waals surface area contributed by atoms with E-state index in [0.29, 0.717) is 17.6 Å². The van der Waals surface area contributed by atoms with Crippen LogP contribution in [0.2, 0.25) is 0 Å². The zero-order valence-corrected chi connectivity index (χ0v) is 12.9. The SMILES string of the molecule is C[C@H](CNC(=O)Cn1c(=O)oc2ccccc21)c1ccccc1. The molecule has 1 aromatic heterocycles. The van der Waals surface area contributed by atoms with Crippen LogP contribution in [0, 0.1) is 0 Å². The number of fused-ring (bicyclic) bond motifs is 1. The average Bonchev–Trinajstić information content (AvgIpc) is 2.89. The van der Waals surface area contributed by atoms with E-state index in [-0.39, 0.29) is 18.4 Å².